The number of carbonyl (C=O) groups excluding carboxylic acids is 1. The van der Waals surface area contributed by atoms with E-state index >= 15 is 0 Å². The number of benzene rings is 1. The predicted molar refractivity (Wildman–Crippen MR) is 62.5 cm³/mol. The Labute approximate surface area is 95.7 Å². The Kier molecular flexibility index (Phi) is 4.58. The van der Waals surface area contributed by atoms with Gasteiger partial charge in [-0.3, -0.25) is 0 Å². The summed E-state index contributed by atoms with van der Waals surface area (Å²) in [6.07, 6.45) is 0.503. The Morgan fingerprint density at radius 1 is 1.31 bits per heavy atom. The minimum absolute atomic E-state index is 0.335. The topological polar surface area (TPSA) is 35.5 Å². The van der Waals surface area contributed by atoms with E-state index in [1.807, 2.05) is 24.3 Å². The molecule has 0 saturated heterocycles. The minimum atomic E-state index is -0.335. The smallest absolute Gasteiger partial charge is 0.333 e. The molecule has 3 heteroatoms. The summed E-state index contributed by atoms with van der Waals surface area (Å²) in [5, 5.41) is 0. The Morgan fingerprint density at radius 3 is 2.44 bits per heavy atom. The monoisotopic (exact) mass is 220 g/mol. The molecule has 0 aliphatic rings. The molecule has 0 spiro atoms. The van der Waals surface area contributed by atoms with E-state index in [0.29, 0.717) is 18.6 Å². The highest BCUT2D eigenvalue weighted by molar-refractivity contribution is 5.88. The molecule has 86 valence electrons. The summed E-state index contributed by atoms with van der Waals surface area (Å²) >= 11 is 0. The molecule has 0 saturated carbocycles. The maximum atomic E-state index is 11.3. The normalized spacial score (nSPS) is 9.62. The number of hydrogen-bond acceptors (Lipinski definition) is 3. The van der Waals surface area contributed by atoms with Crippen molar-refractivity contribution in [1.82, 2.24) is 0 Å². The lowest BCUT2D eigenvalue weighted by atomic mass is 10.1. The molecule has 0 atom stereocenters. The van der Waals surface area contributed by atoms with Gasteiger partial charge >= 0.3 is 5.97 Å². The molecule has 1 aromatic rings. The molecular weight excluding hydrogens is 204 g/mol. The molecule has 0 amide bonds. The second-order valence-corrected chi connectivity index (χ2v) is 3.35. The third-order valence-electron chi connectivity index (χ3n) is 2.14. The zero-order chi connectivity index (χ0) is 12.0. The summed E-state index contributed by atoms with van der Waals surface area (Å²) < 4.78 is 9.90. The van der Waals surface area contributed by atoms with Crippen LogP contribution in [0.3, 0.4) is 0 Å². The lowest BCUT2D eigenvalue weighted by Crippen LogP contribution is -2.08. The van der Waals surface area contributed by atoms with Gasteiger partial charge in [-0.15, -0.1) is 0 Å². The van der Waals surface area contributed by atoms with Crippen LogP contribution in [0.4, 0.5) is 0 Å². The summed E-state index contributed by atoms with van der Waals surface area (Å²) in [4.78, 5) is 11.3. The Morgan fingerprint density at radius 2 is 1.94 bits per heavy atom. The van der Waals surface area contributed by atoms with Gasteiger partial charge in [-0.2, -0.15) is 0 Å². The summed E-state index contributed by atoms with van der Waals surface area (Å²) in [7, 11) is 1.62. The van der Waals surface area contributed by atoms with Gasteiger partial charge < -0.3 is 9.47 Å². The van der Waals surface area contributed by atoms with Crippen LogP contribution in [0, 0.1) is 0 Å². The molecule has 0 aliphatic heterocycles. The molecule has 16 heavy (non-hydrogen) atoms. The van der Waals surface area contributed by atoms with Crippen molar-refractivity contribution in [3.05, 3.63) is 42.0 Å². The van der Waals surface area contributed by atoms with Crippen LogP contribution in [0.15, 0.2) is 36.4 Å². The van der Waals surface area contributed by atoms with E-state index in [-0.39, 0.29) is 5.97 Å². The first-order valence-corrected chi connectivity index (χ1v) is 5.15. The fourth-order valence-electron chi connectivity index (χ4n) is 1.30. The van der Waals surface area contributed by atoms with Crippen molar-refractivity contribution < 1.29 is 14.3 Å². The van der Waals surface area contributed by atoms with E-state index < -0.39 is 0 Å². The molecule has 0 fully saturated rings. The number of carbonyl (C=O) groups is 1. The maximum absolute atomic E-state index is 11.3. The highest BCUT2D eigenvalue weighted by atomic mass is 16.5. The van der Waals surface area contributed by atoms with Crippen LogP contribution in [0.1, 0.15) is 12.5 Å². The predicted octanol–water partition coefficient (Wildman–Crippen LogP) is 2.36. The van der Waals surface area contributed by atoms with Gasteiger partial charge in [-0.25, -0.2) is 4.79 Å². The zero-order valence-electron chi connectivity index (χ0n) is 9.66. The second-order valence-electron chi connectivity index (χ2n) is 3.35. The fraction of sp³-hybridized carbons (Fsp3) is 0.308. The Hall–Kier alpha value is -1.77. The van der Waals surface area contributed by atoms with Crippen LogP contribution >= 0.6 is 0 Å². The number of methoxy groups -OCH3 is 1. The molecule has 0 N–H and O–H groups in total. The van der Waals surface area contributed by atoms with E-state index in [9.17, 15) is 4.79 Å². The average Bonchev–Trinajstić information content (AvgIpc) is 2.30. The summed E-state index contributed by atoms with van der Waals surface area (Å²) in [5.74, 6) is 0.462. The first kappa shape index (κ1) is 12.3. The third kappa shape index (κ3) is 3.42. The minimum Gasteiger partial charge on any atom is -0.497 e. The van der Waals surface area contributed by atoms with Crippen LogP contribution in [-0.2, 0) is 16.0 Å². The molecule has 1 rings (SSSR count). The van der Waals surface area contributed by atoms with Gasteiger partial charge in [-0.1, -0.05) is 18.7 Å². The van der Waals surface area contributed by atoms with Gasteiger partial charge in [0.15, 0.2) is 0 Å². The van der Waals surface area contributed by atoms with Crippen molar-refractivity contribution >= 4 is 5.97 Å². The second kappa shape index (κ2) is 5.95. The molecule has 0 aromatic heterocycles. The first-order valence-electron chi connectivity index (χ1n) is 5.15. The van der Waals surface area contributed by atoms with Crippen molar-refractivity contribution in [3.63, 3.8) is 0 Å². The molecule has 0 unspecified atom stereocenters. The van der Waals surface area contributed by atoms with E-state index in [4.69, 9.17) is 9.47 Å². The van der Waals surface area contributed by atoms with Crippen molar-refractivity contribution in [2.45, 2.75) is 13.3 Å². The lowest BCUT2D eigenvalue weighted by molar-refractivity contribution is -0.138. The van der Waals surface area contributed by atoms with E-state index in [0.717, 1.165) is 11.3 Å². The number of rotatable bonds is 5. The summed E-state index contributed by atoms with van der Waals surface area (Å²) in [6.45, 7) is 5.86. The number of hydrogen-bond donors (Lipinski definition) is 0. The SMILES string of the molecule is C=C(Cc1ccc(OC)cc1)C(=O)OCC. The van der Waals surface area contributed by atoms with Crippen molar-refractivity contribution in [1.29, 1.82) is 0 Å². The van der Waals surface area contributed by atoms with Gasteiger partial charge in [0, 0.05) is 12.0 Å². The highest BCUT2D eigenvalue weighted by Gasteiger charge is 2.08. The Balaban J connectivity index is 2.59. The molecule has 0 bridgehead atoms. The van der Waals surface area contributed by atoms with Crippen LogP contribution in [0.2, 0.25) is 0 Å². The summed E-state index contributed by atoms with van der Waals surface area (Å²) in [6, 6.07) is 7.52. The Bertz CT molecular complexity index is 365. The maximum Gasteiger partial charge on any atom is 0.333 e. The summed E-state index contributed by atoms with van der Waals surface area (Å²) in [5.41, 5.74) is 1.48. The zero-order valence-corrected chi connectivity index (χ0v) is 9.66. The van der Waals surface area contributed by atoms with E-state index in [1.165, 1.54) is 0 Å². The van der Waals surface area contributed by atoms with Crippen molar-refractivity contribution in [2.24, 2.45) is 0 Å². The quantitative estimate of drug-likeness (QED) is 0.564. The molecule has 0 aliphatic carbocycles. The van der Waals surface area contributed by atoms with Gasteiger partial charge in [0.25, 0.3) is 0 Å². The number of esters is 1. The molecule has 3 nitrogen and oxygen atoms in total. The van der Waals surface area contributed by atoms with Gasteiger partial charge in [0.05, 0.1) is 13.7 Å². The largest absolute Gasteiger partial charge is 0.497 e. The molecule has 1 aromatic carbocycles. The van der Waals surface area contributed by atoms with Crippen LogP contribution in [0.25, 0.3) is 0 Å². The molecule has 0 radical (unpaired) electrons. The van der Waals surface area contributed by atoms with Gasteiger partial charge in [-0.05, 0) is 24.6 Å². The van der Waals surface area contributed by atoms with E-state index in [2.05, 4.69) is 6.58 Å². The average molecular weight is 220 g/mol. The number of ether oxygens (including phenoxy) is 2. The highest BCUT2D eigenvalue weighted by Crippen LogP contribution is 2.14. The van der Waals surface area contributed by atoms with Crippen molar-refractivity contribution in [2.75, 3.05) is 13.7 Å². The van der Waals surface area contributed by atoms with Gasteiger partial charge in [0.1, 0.15) is 5.75 Å². The standard InChI is InChI=1S/C13H16O3/c1-4-16-13(14)10(2)9-11-5-7-12(15-3)8-6-11/h5-8H,2,4,9H2,1,3H3. The van der Waals surface area contributed by atoms with Crippen LogP contribution in [-0.4, -0.2) is 19.7 Å². The van der Waals surface area contributed by atoms with Crippen LogP contribution in [0.5, 0.6) is 5.75 Å². The van der Waals surface area contributed by atoms with Gasteiger partial charge in [0.2, 0.25) is 0 Å². The first-order chi connectivity index (χ1) is 7.67. The van der Waals surface area contributed by atoms with Crippen LogP contribution < -0.4 is 4.74 Å². The van der Waals surface area contributed by atoms with E-state index in [1.54, 1.807) is 14.0 Å². The van der Waals surface area contributed by atoms with Crippen molar-refractivity contribution in [3.8, 4) is 5.75 Å². The molecule has 0 heterocycles. The fourth-order valence-corrected chi connectivity index (χ4v) is 1.30. The third-order valence-corrected chi connectivity index (χ3v) is 2.14. The lowest BCUT2D eigenvalue weighted by Gasteiger charge is -2.06. The molecular formula is C13H16O3.